The van der Waals surface area contributed by atoms with Gasteiger partial charge in [0.25, 0.3) is 5.91 Å². The van der Waals surface area contributed by atoms with Crippen molar-refractivity contribution in [2.24, 2.45) is 0 Å². The van der Waals surface area contributed by atoms with Gasteiger partial charge in [0.2, 0.25) is 0 Å². The van der Waals surface area contributed by atoms with Crippen LogP contribution in [0, 0.1) is 6.92 Å². The van der Waals surface area contributed by atoms with Crippen LogP contribution in [0.25, 0.3) is 0 Å². The van der Waals surface area contributed by atoms with Crippen LogP contribution in [0.5, 0.6) is 0 Å². The summed E-state index contributed by atoms with van der Waals surface area (Å²) < 4.78 is 0. The molecule has 1 aromatic rings. The molecule has 0 unspecified atom stereocenters. The van der Waals surface area contributed by atoms with Crippen LogP contribution < -0.4 is 10.6 Å². The van der Waals surface area contributed by atoms with Gasteiger partial charge < -0.3 is 10.6 Å². The summed E-state index contributed by atoms with van der Waals surface area (Å²) in [6.45, 7) is 6.38. The topological polar surface area (TPSA) is 69.8 Å². The van der Waals surface area contributed by atoms with Gasteiger partial charge in [-0.3, -0.25) is 9.89 Å². The third-order valence-corrected chi connectivity index (χ3v) is 1.95. The number of hydrogen-bond donors (Lipinski definition) is 3. The van der Waals surface area contributed by atoms with Crippen molar-refractivity contribution >= 4 is 5.91 Å². The first-order valence-electron chi connectivity index (χ1n) is 5.25. The minimum atomic E-state index is -0.127. The largest absolute Gasteiger partial charge is 0.349 e. The second-order valence-electron chi connectivity index (χ2n) is 3.44. The van der Waals surface area contributed by atoms with E-state index in [1.54, 1.807) is 6.07 Å². The Balaban J connectivity index is 2.19. The molecule has 0 aromatic carbocycles. The third kappa shape index (κ3) is 4.12. The second-order valence-corrected chi connectivity index (χ2v) is 3.44. The van der Waals surface area contributed by atoms with Crippen molar-refractivity contribution in [2.75, 3.05) is 19.6 Å². The fourth-order valence-corrected chi connectivity index (χ4v) is 1.19. The third-order valence-electron chi connectivity index (χ3n) is 1.95. The number of aromatic amines is 1. The SMILES string of the molecule is CCCNCCNC(=O)c1cc(C)[nH]n1. The molecule has 0 spiro atoms. The highest BCUT2D eigenvalue weighted by Crippen LogP contribution is 1.96. The molecule has 84 valence electrons. The number of amides is 1. The zero-order valence-electron chi connectivity index (χ0n) is 9.26. The summed E-state index contributed by atoms with van der Waals surface area (Å²) >= 11 is 0. The lowest BCUT2D eigenvalue weighted by molar-refractivity contribution is 0.0949. The summed E-state index contributed by atoms with van der Waals surface area (Å²) in [4.78, 5) is 11.5. The Hall–Kier alpha value is -1.36. The molecule has 0 aliphatic carbocycles. The Bertz CT molecular complexity index is 308. The monoisotopic (exact) mass is 210 g/mol. The molecule has 5 nitrogen and oxygen atoms in total. The number of carbonyl (C=O) groups excluding carboxylic acids is 1. The zero-order chi connectivity index (χ0) is 11.1. The number of rotatable bonds is 6. The van der Waals surface area contributed by atoms with Gasteiger partial charge in [-0.1, -0.05) is 6.92 Å². The van der Waals surface area contributed by atoms with Crippen molar-refractivity contribution in [3.8, 4) is 0 Å². The predicted octanol–water partition coefficient (Wildman–Crippen LogP) is 0.448. The maximum absolute atomic E-state index is 11.5. The first kappa shape index (κ1) is 11.7. The molecule has 1 rings (SSSR count). The number of nitrogens with one attached hydrogen (secondary N) is 3. The zero-order valence-corrected chi connectivity index (χ0v) is 9.26. The van der Waals surface area contributed by atoms with Gasteiger partial charge in [-0.05, 0) is 26.0 Å². The van der Waals surface area contributed by atoms with Crippen LogP contribution in [-0.2, 0) is 0 Å². The van der Waals surface area contributed by atoms with Crippen molar-refractivity contribution in [2.45, 2.75) is 20.3 Å². The van der Waals surface area contributed by atoms with Crippen molar-refractivity contribution in [1.29, 1.82) is 0 Å². The van der Waals surface area contributed by atoms with Crippen molar-refractivity contribution in [1.82, 2.24) is 20.8 Å². The standard InChI is InChI=1S/C10H18N4O/c1-3-4-11-5-6-12-10(15)9-7-8(2)13-14-9/h7,11H,3-6H2,1-2H3,(H,12,15)(H,13,14). The molecule has 1 heterocycles. The van der Waals surface area contributed by atoms with Gasteiger partial charge in [-0.2, -0.15) is 5.10 Å². The summed E-state index contributed by atoms with van der Waals surface area (Å²) in [5.41, 5.74) is 1.34. The Labute approximate surface area is 89.6 Å². The van der Waals surface area contributed by atoms with Crippen LogP contribution in [-0.4, -0.2) is 35.7 Å². The molecule has 0 fully saturated rings. The van der Waals surface area contributed by atoms with E-state index in [9.17, 15) is 4.79 Å². The van der Waals surface area contributed by atoms with Gasteiger partial charge >= 0.3 is 0 Å². The molecular formula is C10H18N4O. The summed E-state index contributed by atoms with van der Waals surface area (Å²) in [5.74, 6) is -0.127. The molecular weight excluding hydrogens is 192 g/mol. The van der Waals surface area contributed by atoms with Gasteiger partial charge in [0, 0.05) is 18.8 Å². The van der Waals surface area contributed by atoms with E-state index in [0.717, 1.165) is 25.2 Å². The van der Waals surface area contributed by atoms with E-state index in [2.05, 4.69) is 27.8 Å². The quantitative estimate of drug-likeness (QED) is 0.597. The lowest BCUT2D eigenvalue weighted by Crippen LogP contribution is -2.32. The van der Waals surface area contributed by atoms with Gasteiger partial charge in [0.15, 0.2) is 0 Å². The number of nitrogens with zero attached hydrogens (tertiary/aromatic N) is 1. The minimum absolute atomic E-state index is 0.127. The summed E-state index contributed by atoms with van der Waals surface area (Å²) in [6, 6.07) is 1.73. The number of aromatic nitrogens is 2. The first-order chi connectivity index (χ1) is 7.24. The Morgan fingerprint density at radius 1 is 1.47 bits per heavy atom. The lowest BCUT2D eigenvalue weighted by atomic mass is 10.3. The van der Waals surface area contributed by atoms with E-state index in [4.69, 9.17) is 0 Å². The van der Waals surface area contributed by atoms with Gasteiger partial charge in [-0.15, -0.1) is 0 Å². The Morgan fingerprint density at radius 3 is 2.87 bits per heavy atom. The minimum Gasteiger partial charge on any atom is -0.349 e. The van der Waals surface area contributed by atoms with E-state index in [-0.39, 0.29) is 5.91 Å². The van der Waals surface area contributed by atoms with Crippen LogP contribution >= 0.6 is 0 Å². The summed E-state index contributed by atoms with van der Waals surface area (Å²) in [6.07, 6.45) is 1.10. The number of carbonyl (C=O) groups is 1. The van der Waals surface area contributed by atoms with Gasteiger partial charge in [-0.25, -0.2) is 0 Å². The average molecular weight is 210 g/mol. The molecule has 15 heavy (non-hydrogen) atoms. The van der Waals surface area contributed by atoms with Crippen LogP contribution in [0.2, 0.25) is 0 Å². The van der Waals surface area contributed by atoms with Crippen LogP contribution in [0.4, 0.5) is 0 Å². The normalized spacial score (nSPS) is 10.3. The second kappa shape index (κ2) is 6.19. The molecule has 0 atom stereocenters. The smallest absolute Gasteiger partial charge is 0.271 e. The van der Waals surface area contributed by atoms with Gasteiger partial charge in [0.05, 0.1) is 0 Å². The Morgan fingerprint density at radius 2 is 2.27 bits per heavy atom. The maximum Gasteiger partial charge on any atom is 0.271 e. The van der Waals surface area contributed by atoms with Crippen molar-refractivity contribution in [3.05, 3.63) is 17.5 Å². The fraction of sp³-hybridized carbons (Fsp3) is 0.600. The molecule has 0 aliphatic rings. The molecule has 5 heteroatoms. The highest BCUT2D eigenvalue weighted by Gasteiger charge is 2.07. The fourth-order valence-electron chi connectivity index (χ4n) is 1.19. The first-order valence-corrected chi connectivity index (χ1v) is 5.25. The Kier molecular flexibility index (Phi) is 4.83. The molecule has 0 saturated heterocycles. The number of hydrogen-bond acceptors (Lipinski definition) is 3. The predicted molar refractivity (Wildman–Crippen MR) is 58.8 cm³/mol. The van der Waals surface area contributed by atoms with E-state index in [0.29, 0.717) is 12.2 Å². The average Bonchev–Trinajstić information content (AvgIpc) is 2.64. The van der Waals surface area contributed by atoms with E-state index in [1.165, 1.54) is 0 Å². The van der Waals surface area contributed by atoms with Crippen LogP contribution in [0.1, 0.15) is 29.5 Å². The summed E-state index contributed by atoms with van der Waals surface area (Å²) in [7, 11) is 0. The van der Waals surface area contributed by atoms with Crippen molar-refractivity contribution in [3.63, 3.8) is 0 Å². The molecule has 0 bridgehead atoms. The van der Waals surface area contributed by atoms with Crippen LogP contribution in [0.3, 0.4) is 0 Å². The molecule has 1 aromatic heterocycles. The molecule has 1 amide bonds. The molecule has 0 aliphatic heterocycles. The van der Waals surface area contributed by atoms with Crippen molar-refractivity contribution < 1.29 is 4.79 Å². The lowest BCUT2D eigenvalue weighted by Gasteiger charge is -2.03. The number of aryl methyl sites for hydroxylation is 1. The molecule has 0 radical (unpaired) electrons. The molecule has 3 N–H and O–H groups in total. The molecule has 0 saturated carbocycles. The highest BCUT2D eigenvalue weighted by molar-refractivity contribution is 5.92. The van der Waals surface area contributed by atoms with Crippen LogP contribution in [0.15, 0.2) is 6.07 Å². The number of H-pyrrole nitrogens is 1. The summed E-state index contributed by atoms with van der Waals surface area (Å²) in [5, 5.41) is 12.6. The van der Waals surface area contributed by atoms with E-state index >= 15 is 0 Å². The van der Waals surface area contributed by atoms with E-state index < -0.39 is 0 Å². The maximum atomic E-state index is 11.5. The van der Waals surface area contributed by atoms with E-state index in [1.807, 2.05) is 6.92 Å². The highest BCUT2D eigenvalue weighted by atomic mass is 16.1. The van der Waals surface area contributed by atoms with Gasteiger partial charge in [0.1, 0.15) is 5.69 Å².